The summed E-state index contributed by atoms with van der Waals surface area (Å²) in [6, 6.07) is 0. The van der Waals surface area contributed by atoms with Gasteiger partial charge in [-0.3, -0.25) is 0 Å². The van der Waals surface area contributed by atoms with Gasteiger partial charge in [-0.2, -0.15) is 0 Å². The SMILES string of the molecule is O.O.[NH4+].[O]=[Mo](=[O])([O-])[O-].[O]=[Mo](=[O])([O-])[O-].[O]=[Mo](=[O])([O-])[O-].[O]=[Mo](=[O])([O-])[O-].[O]=[Mo](=[O])([O-])[O-].[O]=[Mo](=[O])([O-])[O-].[O]=[Mo](=[O])([O-])[O-].[O]=[Mo](=[O])([O-])[O-].[O]=[Mo](=[O])([O-])[O-].[O]=[Mo](=[O])([O-])[O-]. The third-order valence-electron chi connectivity index (χ3n) is 0. The van der Waals surface area contributed by atoms with Gasteiger partial charge >= 0.3 is 311 Å². The van der Waals surface area contributed by atoms with Crippen LogP contribution in [0.15, 0.2) is 0 Å². The van der Waals surface area contributed by atoms with Crippen LogP contribution in [0.25, 0.3) is 0 Å². The van der Waals surface area contributed by atoms with E-state index in [0.29, 0.717) is 0 Å². The summed E-state index contributed by atoms with van der Waals surface area (Å²) < 4.78 is 345. The normalized spacial score (nSPS) is 10.9. The first-order chi connectivity index (χ1) is 20.0. The van der Waals surface area contributed by atoms with Crippen LogP contribution >= 0.6 is 0 Å². The maximum absolute atomic E-state index is 8.63. The fourth-order valence-electron chi connectivity index (χ4n) is 0. The van der Waals surface area contributed by atoms with Gasteiger partial charge in [-0.1, -0.05) is 0 Å². The van der Waals surface area contributed by atoms with E-state index in [1.165, 1.54) is 0 Å². The molecule has 0 saturated heterocycles. The van der Waals surface area contributed by atoms with E-state index in [-0.39, 0.29) is 17.1 Å². The van der Waals surface area contributed by atoms with Gasteiger partial charge in [-0.05, 0) is 0 Å². The minimum atomic E-state index is -6.02. The first-order valence-corrected chi connectivity index (χ1v) is 39.4. The predicted octanol–water partition coefficient (Wildman–Crippen LogP) is -27.5. The van der Waals surface area contributed by atoms with Crippen molar-refractivity contribution in [1.82, 2.24) is 6.15 Å². The average Bonchev–Trinajstić information content (AvgIpc) is 2.34. The van der Waals surface area contributed by atoms with Gasteiger partial charge in [0.2, 0.25) is 0 Å². The number of hydrogen-bond donors (Lipinski definition) is 1. The van der Waals surface area contributed by atoms with Crippen LogP contribution in [0.5, 0.6) is 0 Å². The molecule has 8 N–H and O–H groups in total. The van der Waals surface area contributed by atoms with Gasteiger partial charge in [0.15, 0.2) is 0 Å². The third-order valence-corrected chi connectivity index (χ3v) is 0. The Balaban J connectivity index is -0.0000000303. The Labute approximate surface area is 322 Å². The molecule has 0 spiro atoms. The molecule has 53 heavy (non-hydrogen) atoms. The first kappa shape index (κ1) is 90.9. The van der Waals surface area contributed by atoms with Gasteiger partial charge in [0.05, 0.1) is 0 Å². The van der Waals surface area contributed by atoms with Crippen molar-refractivity contribution in [2.45, 2.75) is 0 Å². The number of rotatable bonds is 0. The van der Waals surface area contributed by atoms with E-state index >= 15 is 0 Å². The zero-order valence-corrected chi connectivity index (χ0v) is 42.5. The van der Waals surface area contributed by atoms with E-state index in [1.54, 1.807) is 0 Å². The van der Waals surface area contributed by atoms with Gasteiger partial charge < -0.3 is 17.1 Å². The van der Waals surface area contributed by atoms with Gasteiger partial charge in [0, 0.05) is 0 Å². The molecule has 0 saturated carbocycles. The molecule has 43 nitrogen and oxygen atoms in total. The minimum absolute atomic E-state index is 0. The Hall–Kier alpha value is 1.96. The van der Waals surface area contributed by atoms with Gasteiger partial charge in [-0.15, -0.1) is 0 Å². The number of hydrogen-bond acceptors (Lipinski definition) is 40. The topological polar surface area (TPSA) is 902 Å². The van der Waals surface area contributed by atoms with Crippen LogP contribution in [-0.4, -0.2) is 11.0 Å². The monoisotopic (exact) mass is 1670 g/mol. The van der Waals surface area contributed by atoms with E-state index in [2.05, 4.69) is 0 Å². The van der Waals surface area contributed by atoms with E-state index < -0.39 is 167 Å². The molecule has 0 heterocycles. The van der Waals surface area contributed by atoms with Crippen molar-refractivity contribution in [2.24, 2.45) is 0 Å². The summed E-state index contributed by atoms with van der Waals surface area (Å²) in [5.41, 5.74) is 0. The Kier molecular flexibility index (Phi) is 67.6. The summed E-state index contributed by atoms with van der Waals surface area (Å²) in [4.78, 5) is 0. The summed E-state index contributed by atoms with van der Waals surface area (Å²) in [6.45, 7) is 0. The fourth-order valence-corrected chi connectivity index (χ4v) is 0. The Morgan fingerprint density at radius 3 is 0.151 bits per heavy atom. The van der Waals surface area contributed by atoms with E-state index in [9.17, 15) is 0 Å². The summed E-state index contributed by atoms with van der Waals surface area (Å²) in [5, 5.41) is 0. The molecule has 0 aromatic carbocycles. The molecule has 0 aliphatic heterocycles. The maximum atomic E-state index is 8.63. The quantitative estimate of drug-likeness (QED) is 0.220. The van der Waals surface area contributed by atoms with Crippen molar-refractivity contribution in [3.05, 3.63) is 0 Å². The van der Waals surface area contributed by atoms with Crippen molar-refractivity contribution < 1.29 is 322 Å². The van der Waals surface area contributed by atoms with Crippen LogP contribution in [0.1, 0.15) is 0 Å². The second-order valence-electron chi connectivity index (χ2n) is 4.08. The molecule has 0 aromatic heterocycles. The molecule has 0 fully saturated rings. The Bertz CT molecular complexity index is 1370. The molecule has 344 valence electrons. The summed E-state index contributed by atoms with van der Waals surface area (Å²) in [7, 11) is 0. The van der Waals surface area contributed by atoms with Gasteiger partial charge in [0.25, 0.3) is 0 Å². The molecule has 53 heteroatoms. The number of quaternary nitrogens is 1. The predicted molar refractivity (Wildman–Crippen MR) is 26.9 cm³/mol. The molecule has 0 atom stereocenters. The van der Waals surface area contributed by atoms with Crippen molar-refractivity contribution in [2.75, 3.05) is 0 Å². The van der Waals surface area contributed by atoms with Crippen LogP contribution in [-0.2, 0) is 235 Å². The molecule has 0 aliphatic carbocycles. The van der Waals surface area contributed by atoms with Gasteiger partial charge in [0.1, 0.15) is 0 Å². The Morgan fingerprint density at radius 1 is 0.151 bits per heavy atom. The second kappa shape index (κ2) is 39.4. The van der Waals surface area contributed by atoms with Crippen LogP contribution in [0.4, 0.5) is 0 Å². The fraction of sp³-hybridized carbons (Fsp3) is 0. The van der Waals surface area contributed by atoms with E-state index in [1.807, 2.05) is 0 Å². The molecular weight excluding hydrogens is 1650 g/mol. The molecule has 0 unspecified atom stereocenters. The van der Waals surface area contributed by atoms with Crippen LogP contribution in [0.3, 0.4) is 0 Å². The first-order valence-electron chi connectivity index (χ1n) is 6.67. The van der Waals surface area contributed by atoms with Gasteiger partial charge in [-0.25, -0.2) is 0 Å². The molecule has 0 aliphatic rings. The van der Waals surface area contributed by atoms with E-state index in [4.69, 9.17) is 143 Å². The van der Waals surface area contributed by atoms with Crippen molar-refractivity contribution in [3.8, 4) is 0 Å². The summed E-state index contributed by atoms with van der Waals surface area (Å²) >= 11 is -60.2. The summed E-state index contributed by atoms with van der Waals surface area (Å²) in [6.07, 6.45) is 0. The van der Waals surface area contributed by atoms with Crippen molar-refractivity contribution in [1.29, 1.82) is 0 Å². The molecule has 0 bridgehead atoms. The van der Waals surface area contributed by atoms with Crippen LogP contribution in [0.2, 0.25) is 0 Å². The van der Waals surface area contributed by atoms with Crippen molar-refractivity contribution in [3.63, 3.8) is 0 Å². The van der Waals surface area contributed by atoms with E-state index in [0.717, 1.165) is 0 Å². The molecule has 0 aromatic rings. The third kappa shape index (κ3) is 37800. The molecular formula is H8Mo10NO42-19. The molecule has 0 radical (unpaired) electrons. The summed E-state index contributed by atoms with van der Waals surface area (Å²) in [5.74, 6) is 0. The second-order valence-corrected chi connectivity index (χ2v) is 24.2. The molecule has 0 amide bonds. The Morgan fingerprint density at radius 2 is 0.151 bits per heavy atom. The average molecular weight is 1650 g/mol. The zero-order valence-electron chi connectivity index (χ0n) is 22.4. The zero-order chi connectivity index (χ0) is 45.0. The standard InChI is InChI=1S/10Mo.H3N.2H2O.40O/h;;;;;;;;;;1H3;2*1H2;;;;;;;;;;;;;;;;;;;;;;;;;;;;;;;;;;;;;;;;/q;;;;;;;;;;;;;;;;;;;;;;;;;;;;;;;;;20*-1/p+1. The van der Waals surface area contributed by atoms with Crippen molar-refractivity contribution >= 4 is 0 Å². The van der Waals surface area contributed by atoms with Crippen LogP contribution < -0.4 is 81.3 Å². The van der Waals surface area contributed by atoms with Crippen LogP contribution in [0, 0.1) is 0 Å². The molecule has 0 rings (SSSR count).